The van der Waals surface area contributed by atoms with Crippen molar-refractivity contribution in [2.24, 2.45) is 0 Å². The van der Waals surface area contributed by atoms with Crippen LogP contribution in [0.4, 0.5) is 18.9 Å². The number of anilines is 1. The summed E-state index contributed by atoms with van der Waals surface area (Å²) in [5.74, 6) is 1.16. The van der Waals surface area contributed by atoms with Gasteiger partial charge in [-0.1, -0.05) is 30.3 Å². The summed E-state index contributed by atoms with van der Waals surface area (Å²) < 4.78 is 57.8. The molecule has 3 aromatic rings. The summed E-state index contributed by atoms with van der Waals surface area (Å²) in [6, 6.07) is 15.6. The first-order valence-corrected chi connectivity index (χ1v) is 10.4. The molecular weight excluding hydrogens is 435 g/mol. The Morgan fingerprint density at radius 2 is 1.73 bits per heavy atom. The van der Waals surface area contributed by atoms with Crippen LogP contribution in [-0.4, -0.2) is 19.8 Å². The molecule has 1 amide bonds. The molecule has 0 bridgehead atoms. The number of carbonyl (C=O) groups is 1. The van der Waals surface area contributed by atoms with Crippen molar-refractivity contribution in [2.45, 2.75) is 24.4 Å². The van der Waals surface area contributed by atoms with E-state index >= 15 is 0 Å². The van der Waals surface area contributed by atoms with Crippen LogP contribution in [0.5, 0.6) is 17.2 Å². The second-order valence-electron chi connectivity index (χ2n) is 8.06. The van der Waals surface area contributed by atoms with Crippen molar-refractivity contribution < 1.29 is 32.2 Å². The number of hydrogen-bond donors (Lipinski definition) is 1. The van der Waals surface area contributed by atoms with Crippen LogP contribution in [0.15, 0.2) is 60.7 Å². The first-order chi connectivity index (χ1) is 15.8. The summed E-state index contributed by atoms with van der Waals surface area (Å²) in [5, 5.41) is 2.69. The molecular formula is C25H20F3NO4. The fourth-order valence-electron chi connectivity index (χ4n) is 4.18. The van der Waals surface area contributed by atoms with Gasteiger partial charge >= 0.3 is 6.18 Å². The number of benzene rings is 3. The maximum atomic E-state index is 13.9. The number of rotatable bonds is 5. The van der Waals surface area contributed by atoms with Crippen LogP contribution in [0.3, 0.4) is 0 Å². The van der Waals surface area contributed by atoms with E-state index in [0.717, 1.165) is 11.6 Å². The van der Waals surface area contributed by atoms with Gasteiger partial charge in [0.2, 0.25) is 12.7 Å². The van der Waals surface area contributed by atoms with Gasteiger partial charge in [-0.25, -0.2) is 0 Å². The number of hydrogen-bond acceptors (Lipinski definition) is 4. The minimum atomic E-state index is -4.62. The molecule has 0 saturated heterocycles. The lowest BCUT2D eigenvalue weighted by molar-refractivity contribution is -0.137. The highest BCUT2D eigenvalue weighted by atomic mass is 19.4. The highest BCUT2D eigenvalue weighted by molar-refractivity contribution is 6.01. The van der Waals surface area contributed by atoms with Gasteiger partial charge in [-0.3, -0.25) is 4.79 Å². The number of ether oxygens (including phenoxy) is 3. The van der Waals surface area contributed by atoms with Crippen molar-refractivity contribution in [3.05, 3.63) is 71.8 Å². The number of amides is 1. The highest BCUT2D eigenvalue weighted by Crippen LogP contribution is 2.51. The summed E-state index contributed by atoms with van der Waals surface area (Å²) >= 11 is 0. The SMILES string of the molecule is COc1ccccc1-c1ccc(NC(=O)C2(c3ccc4c(c3)OCO4)CC2)cc1C(F)(F)F. The van der Waals surface area contributed by atoms with Crippen LogP contribution >= 0.6 is 0 Å². The molecule has 0 aromatic heterocycles. The number of alkyl halides is 3. The second-order valence-corrected chi connectivity index (χ2v) is 8.06. The summed E-state index contributed by atoms with van der Waals surface area (Å²) in [4.78, 5) is 13.1. The normalized spacial score (nSPS) is 15.8. The van der Waals surface area contributed by atoms with Crippen LogP contribution in [0.25, 0.3) is 11.1 Å². The largest absolute Gasteiger partial charge is 0.496 e. The van der Waals surface area contributed by atoms with Gasteiger partial charge in [0, 0.05) is 11.3 Å². The first kappa shape index (κ1) is 21.2. The van der Waals surface area contributed by atoms with Gasteiger partial charge in [0.05, 0.1) is 18.1 Å². The fraction of sp³-hybridized carbons (Fsp3) is 0.240. The zero-order chi connectivity index (χ0) is 23.2. The van der Waals surface area contributed by atoms with Crippen molar-refractivity contribution in [2.75, 3.05) is 19.2 Å². The minimum Gasteiger partial charge on any atom is -0.496 e. The molecule has 1 fully saturated rings. The lowest BCUT2D eigenvalue weighted by atomic mass is 9.94. The molecule has 1 saturated carbocycles. The molecule has 0 radical (unpaired) electrons. The maximum Gasteiger partial charge on any atom is 0.417 e. The van der Waals surface area contributed by atoms with Crippen molar-refractivity contribution in [1.82, 2.24) is 0 Å². The van der Waals surface area contributed by atoms with Crippen molar-refractivity contribution in [3.63, 3.8) is 0 Å². The van der Waals surface area contributed by atoms with Gasteiger partial charge in [0.25, 0.3) is 0 Å². The molecule has 0 atom stereocenters. The average Bonchev–Trinajstić information content (AvgIpc) is 3.49. The van der Waals surface area contributed by atoms with Crippen molar-refractivity contribution >= 4 is 11.6 Å². The molecule has 3 aromatic carbocycles. The molecule has 5 nitrogen and oxygen atoms in total. The van der Waals surface area contributed by atoms with Crippen LogP contribution in [0, 0.1) is 0 Å². The predicted molar refractivity (Wildman–Crippen MR) is 116 cm³/mol. The Bertz CT molecular complexity index is 1230. The Morgan fingerprint density at radius 1 is 0.970 bits per heavy atom. The van der Waals surface area contributed by atoms with Gasteiger partial charge in [0.15, 0.2) is 11.5 Å². The van der Waals surface area contributed by atoms with Crippen LogP contribution in [0.1, 0.15) is 24.0 Å². The summed E-state index contributed by atoms with van der Waals surface area (Å²) in [6.07, 6.45) is -3.42. The Labute approximate surface area is 188 Å². The second kappa shape index (κ2) is 7.72. The van der Waals surface area contributed by atoms with E-state index in [9.17, 15) is 18.0 Å². The predicted octanol–water partition coefficient (Wildman–Crippen LogP) is 5.78. The third kappa shape index (κ3) is 3.75. The number of carbonyl (C=O) groups excluding carboxylic acids is 1. The number of halogens is 3. The van der Waals surface area contributed by atoms with E-state index in [1.807, 2.05) is 0 Å². The van der Waals surface area contributed by atoms with Crippen LogP contribution < -0.4 is 19.5 Å². The molecule has 2 aliphatic rings. The summed E-state index contributed by atoms with van der Waals surface area (Å²) in [6.45, 7) is 0.122. The molecule has 5 rings (SSSR count). The molecule has 0 spiro atoms. The molecule has 170 valence electrons. The van der Waals surface area contributed by atoms with E-state index in [0.29, 0.717) is 35.7 Å². The van der Waals surface area contributed by atoms with E-state index in [1.165, 1.54) is 19.2 Å². The Hall–Kier alpha value is -3.68. The number of para-hydroxylation sites is 1. The minimum absolute atomic E-state index is 0.0187. The van der Waals surface area contributed by atoms with E-state index in [1.54, 1.807) is 42.5 Å². The summed E-state index contributed by atoms with van der Waals surface area (Å²) in [5.41, 5.74) is -0.499. The van der Waals surface area contributed by atoms with E-state index in [4.69, 9.17) is 14.2 Å². The number of nitrogens with one attached hydrogen (secondary N) is 1. The lowest BCUT2D eigenvalue weighted by Gasteiger charge is -2.19. The number of fused-ring (bicyclic) bond motifs is 1. The molecule has 1 N–H and O–H groups in total. The molecule has 33 heavy (non-hydrogen) atoms. The van der Waals surface area contributed by atoms with Crippen LogP contribution in [-0.2, 0) is 16.4 Å². The molecule has 8 heteroatoms. The third-order valence-corrected chi connectivity index (χ3v) is 6.09. The average molecular weight is 455 g/mol. The van der Waals surface area contributed by atoms with Gasteiger partial charge in [-0.15, -0.1) is 0 Å². The molecule has 0 unspecified atom stereocenters. The Morgan fingerprint density at radius 3 is 2.45 bits per heavy atom. The summed E-state index contributed by atoms with van der Waals surface area (Å²) in [7, 11) is 1.41. The quantitative estimate of drug-likeness (QED) is 0.530. The first-order valence-electron chi connectivity index (χ1n) is 10.4. The van der Waals surface area contributed by atoms with Crippen molar-refractivity contribution in [1.29, 1.82) is 0 Å². The lowest BCUT2D eigenvalue weighted by Crippen LogP contribution is -2.28. The highest BCUT2D eigenvalue weighted by Gasteiger charge is 2.51. The molecule has 1 heterocycles. The Kier molecular flexibility index (Phi) is 4.96. The monoisotopic (exact) mass is 455 g/mol. The zero-order valence-electron chi connectivity index (χ0n) is 17.7. The van der Waals surface area contributed by atoms with Gasteiger partial charge in [-0.05, 0) is 54.3 Å². The Balaban J connectivity index is 1.46. The van der Waals surface area contributed by atoms with Gasteiger partial charge in [0.1, 0.15) is 5.75 Å². The molecule has 1 aliphatic heterocycles. The zero-order valence-corrected chi connectivity index (χ0v) is 17.7. The van der Waals surface area contributed by atoms with Gasteiger partial charge < -0.3 is 19.5 Å². The standard InChI is InChI=1S/C25H20F3NO4/c1-31-20-5-3-2-4-18(20)17-8-7-16(13-19(17)25(26,27)28)29-23(30)24(10-11-24)15-6-9-21-22(12-15)33-14-32-21/h2-9,12-13H,10-11,14H2,1H3,(H,29,30). The van der Waals surface area contributed by atoms with E-state index in [2.05, 4.69) is 5.32 Å². The van der Waals surface area contributed by atoms with E-state index < -0.39 is 17.2 Å². The van der Waals surface area contributed by atoms with Gasteiger partial charge in [-0.2, -0.15) is 13.2 Å². The van der Waals surface area contributed by atoms with E-state index in [-0.39, 0.29) is 24.0 Å². The maximum absolute atomic E-state index is 13.9. The smallest absolute Gasteiger partial charge is 0.417 e. The topological polar surface area (TPSA) is 56.8 Å². The number of methoxy groups -OCH3 is 1. The van der Waals surface area contributed by atoms with Crippen LogP contribution in [0.2, 0.25) is 0 Å². The van der Waals surface area contributed by atoms with Crippen molar-refractivity contribution in [3.8, 4) is 28.4 Å². The third-order valence-electron chi connectivity index (χ3n) is 6.09. The molecule has 1 aliphatic carbocycles. The fourth-order valence-corrected chi connectivity index (χ4v) is 4.18.